The van der Waals surface area contributed by atoms with Crippen molar-refractivity contribution in [3.05, 3.63) is 30.6 Å². The standard InChI is InChI=1S/C20H28N4O3/c1-15(2)14-27-20(25)24-10-6-16(7-11-24)8-12-26-17-3-4-18(21-13-17)19-5-9-22-23-19/h3-5,9,13,15-16H,6-8,10-12,14H2,1-2H3,(H,22,23). The molecule has 0 atom stereocenters. The molecule has 1 amide bonds. The lowest BCUT2D eigenvalue weighted by Crippen LogP contribution is -2.39. The van der Waals surface area contributed by atoms with Gasteiger partial charge in [0, 0.05) is 19.3 Å². The lowest BCUT2D eigenvalue weighted by atomic mass is 9.94. The Bertz CT molecular complexity index is 693. The lowest BCUT2D eigenvalue weighted by molar-refractivity contribution is 0.0769. The van der Waals surface area contributed by atoms with Crippen LogP contribution < -0.4 is 4.74 Å². The van der Waals surface area contributed by atoms with E-state index in [4.69, 9.17) is 9.47 Å². The highest BCUT2D eigenvalue weighted by molar-refractivity contribution is 5.67. The van der Waals surface area contributed by atoms with Crippen molar-refractivity contribution in [1.29, 1.82) is 0 Å². The lowest BCUT2D eigenvalue weighted by Gasteiger charge is -2.31. The Hall–Kier alpha value is -2.57. The third-order valence-electron chi connectivity index (χ3n) is 4.72. The summed E-state index contributed by atoms with van der Waals surface area (Å²) >= 11 is 0. The van der Waals surface area contributed by atoms with Gasteiger partial charge in [-0.15, -0.1) is 0 Å². The second-order valence-corrected chi connectivity index (χ2v) is 7.39. The summed E-state index contributed by atoms with van der Waals surface area (Å²) in [4.78, 5) is 18.2. The molecule has 2 aromatic heterocycles. The fourth-order valence-electron chi connectivity index (χ4n) is 3.10. The summed E-state index contributed by atoms with van der Waals surface area (Å²) < 4.78 is 11.1. The van der Waals surface area contributed by atoms with Crippen LogP contribution in [-0.4, -0.2) is 52.5 Å². The summed E-state index contributed by atoms with van der Waals surface area (Å²) in [6.07, 6.45) is 6.24. The molecular formula is C20H28N4O3. The monoisotopic (exact) mass is 372 g/mol. The normalized spacial score (nSPS) is 15.1. The maximum absolute atomic E-state index is 12.0. The largest absolute Gasteiger partial charge is 0.492 e. The average Bonchev–Trinajstić information content (AvgIpc) is 3.22. The summed E-state index contributed by atoms with van der Waals surface area (Å²) in [5, 5.41) is 6.82. The van der Waals surface area contributed by atoms with Crippen LogP contribution in [0.2, 0.25) is 0 Å². The molecule has 0 radical (unpaired) electrons. The number of nitrogens with one attached hydrogen (secondary N) is 1. The third kappa shape index (κ3) is 5.70. The minimum Gasteiger partial charge on any atom is -0.492 e. The summed E-state index contributed by atoms with van der Waals surface area (Å²) in [5.41, 5.74) is 1.73. The van der Waals surface area contributed by atoms with E-state index < -0.39 is 0 Å². The maximum atomic E-state index is 12.0. The molecule has 146 valence electrons. The van der Waals surface area contributed by atoms with Crippen LogP contribution in [0, 0.1) is 11.8 Å². The van der Waals surface area contributed by atoms with E-state index >= 15 is 0 Å². The topological polar surface area (TPSA) is 80.3 Å². The van der Waals surface area contributed by atoms with Crippen molar-refractivity contribution in [1.82, 2.24) is 20.1 Å². The molecule has 0 saturated carbocycles. The number of likely N-dealkylation sites (tertiary alicyclic amines) is 1. The van der Waals surface area contributed by atoms with Crippen molar-refractivity contribution in [2.24, 2.45) is 11.8 Å². The highest BCUT2D eigenvalue weighted by atomic mass is 16.6. The molecule has 1 saturated heterocycles. The van der Waals surface area contributed by atoms with E-state index in [2.05, 4.69) is 15.2 Å². The molecule has 0 aromatic carbocycles. The number of hydrogen-bond donors (Lipinski definition) is 1. The summed E-state index contributed by atoms with van der Waals surface area (Å²) in [7, 11) is 0. The second kappa shape index (κ2) is 9.39. The van der Waals surface area contributed by atoms with Gasteiger partial charge in [-0.1, -0.05) is 13.8 Å². The Morgan fingerprint density at radius 3 is 2.74 bits per heavy atom. The van der Waals surface area contributed by atoms with Gasteiger partial charge in [-0.2, -0.15) is 5.10 Å². The van der Waals surface area contributed by atoms with E-state index in [1.165, 1.54) is 0 Å². The number of hydrogen-bond acceptors (Lipinski definition) is 5. The summed E-state index contributed by atoms with van der Waals surface area (Å²) in [6, 6.07) is 5.73. The van der Waals surface area contributed by atoms with Crippen molar-refractivity contribution >= 4 is 6.09 Å². The zero-order chi connectivity index (χ0) is 19.1. The molecule has 27 heavy (non-hydrogen) atoms. The Labute approximate surface area is 160 Å². The first-order chi connectivity index (χ1) is 13.1. The molecule has 0 aliphatic carbocycles. The highest BCUT2D eigenvalue weighted by Gasteiger charge is 2.23. The van der Waals surface area contributed by atoms with Crippen molar-refractivity contribution in [3.8, 4) is 17.1 Å². The zero-order valence-electron chi connectivity index (χ0n) is 16.1. The van der Waals surface area contributed by atoms with Gasteiger partial charge in [0.25, 0.3) is 0 Å². The molecule has 1 N–H and O–H groups in total. The molecule has 3 rings (SSSR count). The molecule has 2 aromatic rings. The van der Waals surface area contributed by atoms with Crippen molar-refractivity contribution < 1.29 is 14.3 Å². The third-order valence-corrected chi connectivity index (χ3v) is 4.72. The Morgan fingerprint density at radius 1 is 1.30 bits per heavy atom. The minimum atomic E-state index is -0.179. The Balaban J connectivity index is 1.35. The van der Waals surface area contributed by atoms with Crippen molar-refractivity contribution in [2.45, 2.75) is 33.1 Å². The van der Waals surface area contributed by atoms with Crippen molar-refractivity contribution in [2.75, 3.05) is 26.3 Å². The predicted molar refractivity (Wildman–Crippen MR) is 102 cm³/mol. The zero-order valence-corrected chi connectivity index (χ0v) is 16.1. The second-order valence-electron chi connectivity index (χ2n) is 7.39. The first kappa shape index (κ1) is 19.2. The molecular weight excluding hydrogens is 344 g/mol. The van der Waals surface area contributed by atoms with Crippen LogP contribution >= 0.6 is 0 Å². The van der Waals surface area contributed by atoms with Crippen LogP contribution in [0.4, 0.5) is 4.79 Å². The first-order valence-electron chi connectivity index (χ1n) is 9.62. The Morgan fingerprint density at radius 2 is 2.11 bits per heavy atom. The average molecular weight is 372 g/mol. The number of amides is 1. The van der Waals surface area contributed by atoms with Crippen LogP contribution in [0.3, 0.4) is 0 Å². The fourth-order valence-corrected chi connectivity index (χ4v) is 3.10. The van der Waals surface area contributed by atoms with Crippen LogP contribution in [-0.2, 0) is 4.74 Å². The van der Waals surface area contributed by atoms with E-state index in [0.717, 1.165) is 49.5 Å². The van der Waals surface area contributed by atoms with Crippen LogP contribution in [0.1, 0.15) is 33.1 Å². The smallest absolute Gasteiger partial charge is 0.409 e. The molecule has 0 unspecified atom stereocenters. The van der Waals surface area contributed by atoms with E-state index in [-0.39, 0.29) is 6.09 Å². The number of nitrogens with zero attached hydrogens (tertiary/aromatic N) is 3. The summed E-state index contributed by atoms with van der Waals surface area (Å²) in [6.45, 7) is 6.76. The van der Waals surface area contributed by atoms with E-state index in [1.54, 1.807) is 12.4 Å². The van der Waals surface area contributed by atoms with Gasteiger partial charge in [-0.05, 0) is 49.3 Å². The quantitative estimate of drug-likeness (QED) is 0.801. The molecule has 1 aliphatic rings. The van der Waals surface area contributed by atoms with Gasteiger partial charge in [0.1, 0.15) is 5.75 Å². The number of piperidine rings is 1. The fraction of sp³-hybridized carbons (Fsp3) is 0.550. The number of H-pyrrole nitrogens is 1. The number of pyridine rings is 1. The molecule has 7 nitrogen and oxygen atoms in total. The van der Waals surface area contributed by atoms with Gasteiger partial charge < -0.3 is 14.4 Å². The van der Waals surface area contributed by atoms with Gasteiger partial charge >= 0.3 is 6.09 Å². The van der Waals surface area contributed by atoms with E-state index in [0.29, 0.717) is 25.0 Å². The molecule has 0 spiro atoms. The number of carbonyl (C=O) groups is 1. The van der Waals surface area contributed by atoms with E-state index in [1.807, 2.05) is 36.9 Å². The SMILES string of the molecule is CC(C)COC(=O)N1CCC(CCOc2ccc(-c3ccn[nH]3)nc2)CC1. The van der Waals surface area contributed by atoms with Crippen LogP contribution in [0.15, 0.2) is 30.6 Å². The van der Waals surface area contributed by atoms with Gasteiger partial charge in [0.05, 0.1) is 30.8 Å². The predicted octanol–water partition coefficient (Wildman–Crippen LogP) is 3.75. The molecule has 7 heteroatoms. The molecule has 0 bridgehead atoms. The Kier molecular flexibility index (Phi) is 6.68. The van der Waals surface area contributed by atoms with E-state index in [9.17, 15) is 4.79 Å². The first-order valence-corrected chi connectivity index (χ1v) is 9.62. The van der Waals surface area contributed by atoms with Gasteiger partial charge in [0.2, 0.25) is 0 Å². The number of rotatable bonds is 7. The molecule has 1 aliphatic heterocycles. The number of aromatic nitrogens is 3. The van der Waals surface area contributed by atoms with Gasteiger partial charge in [-0.25, -0.2) is 4.79 Å². The number of ether oxygens (including phenoxy) is 2. The molecule has 1 fully saturated rings. The number of aromatic amines is 1. The van der Waals surface area contributed by atoms with Gasteiger partial charge in [-0.3, -0.25) is 10.1 Å². The molecule has 3 heterocycles. The maximum Gasteiger partial charge on any atom is 0.409 e. The summed E-state index contributed by atoms with van der Waals surface area (Å²) in [5.74, 6) is 1.72. The minimum absolute atomic E-state index is 0.179. The van der Waals surface area contributed by atoms with Crippen LogP contribution in [0.25, 0.3) is 11.4 Å². The van der Waals surface area contributed by atoms with Crippen LogP contribution in [0.5, 0.6) is 5.75 Å². The highest BCUT2D eigenvalue weighted by Crippen LogP contribution is 2.22. The number of carbonyl (C=O) groups excluding carboxylic acids is 1. The van der Waals surface area contributed by atoms with Crippen molar-refractivity contribution in [3.63, 3.8) is 0 Å². The van der Waals surface area contributed by atoms with Gasteiger partial charge in [0.15, 0.2) is 0 Å².